The Balaban J connectivity index is 2.35. The van der Waals surface area contributed by atoms with Gasteiger partial charge in [0.05, 0.1) is 0 Å². The zero-order chi connectivity index (χ0) is 14.3. The van der Waals surface area contributed by atoms with E-state index in [1.165, 1.54) is 18.2 Å². The molecule has 2 aromatic carbocycles. The smallest absolute Gasteiger partial charge is 0.340 e. The largest absolute Gasteiger partial charge is 0.478 e. The van der Waals surface area contributed by atoms with Crippen LogP contribution in [0.2, 0.25) is 0 Å². The molecule has 0 atom stereocenters. The van der Waals surface area contributed by atoms with Crippen LogP contribution in [0.15, 0.2) is 51.4 Å². The Labute approximate surface area is 121 Å². The van der Waals surface area contributed by atoms with Crippen molar-refractivity contribution in [2.75, 3.05) is 0 Å². The van der Waals surface area contributed by atoms with Crippen molar-refractivity contribution in [1.29, 1.82) is 0 Å². The molecule has 0 aliphatic rings. The van der Waals surface area contributed by atoms with E-state index in [-0.39, 0.29) is 22.3 Å². The van der Waals surface area contributed by atoms with E-state index >= 15 is 0 Å². The first-order valence-electron chi connectivity index (χ1n) is 5.78. The Morgan fingerprint density at radius 3 is 2.50 bits per heavy atom. The molecular weight excluding hydrogens is 327 g/mol. The number of hydrogen-bond acceptors (Lipinski definition) is 2. The summed E-state index contributed by atoms with van der Waals surface area (Å²) < 4.78 is 20.0. The third-order valence-corrected chi connectivity index (χ3v) is 3.52. The molecule has 3 nitrogen and oxygen atoms in total. The van der Waals surface area contributed by atoms with Gasteiger partial charge in [-0.2, -0.15) is 0 Å². The first-order valence-corrected chi connectivity index (χ1v) is 6.57. The predicted molar refractivity (Wildman–Crippen MR) is 76.3 cm³/mol. The zero-order valence-electron chi connectivity index (χ0n) is 10.1. The highest BCUT2D eigenvalue weighted by Gasteiger charge is 2.23. The van der Waals surface area contributed by atoms with Crippen molar-refractivity contribution in [3.8, 4) is 11.3 Å². The Bertz CT molecular complexity index is 806. The molecule has 3 aromatic rings. The first-order chi connectivity index (χ1) is 9.58. The van der Waals surface area contributed by atoms with Crippen LogP contribution >= 0.6 is 15.9 Å². The quantitative estimate of drug-likeness (QED) is 0.738. The van der Waals surface area contributed by atoms with E-state index in [2.05, 4.69) is 15.9 Å². The standard InChI is InChI=1S/C15H8BrFO3/c16-9-6-4-8(5-7-9)13-12(15(18)19)10-2-1-3-11(17)14(10)20-13/h1-7H,(H,18,19). The SMILES string of the molecule is O=C(O)c1c(-c2ccc(Br)cc2)oc2c(F)cccc12. The molecule has 100 valence electrons. The first kappa shape index (κ1) is 12.9. The van der Waals surface area contributed by atoms with Gasteiger partial charge in [-0.25, -0.2) is 9.18 Å². The minimum atomic E-state index is -1.15. The summed E-state index contributed by atoms with van der Waals surface area (Å²) in [5.74, 6) is -1.56. The molecule has 0 aliphatic heterocycles. The molecule has 0 aliphatic carbocycles. The molecule has 0 saturated carbocycles. The predicted octanol–water partition coefficient (Wildman–Crippen LogP) is 4.70. The van der Waals surface area contributed by atoms with E-state index in [0.29, 0.717) is 5.56 Å². The van der Waals surface area contributed by atoms with Crippen molar-refractivity contribution in [3.05, 3.63) is 58.3 Å². The second-order valence-electron chi connectivity index (χ2n) is 4.23. The maximum absolute atomic E-state index is 13.7. The van der Waals surface area contributed by atoms with Crippen LogP contribution < -0.4 is 0 Å². The lowest BCUT2D eigenvalue weighted by Gasteiger charge is -1.99. The Morgan fingerprint density at radius 2 is 1.85 bits per heavy atom. The average Bonchev–Trinajstić information content (AvgIpc) is 2.80. The lowest BCUT2D eigenvalue weighted by Crippen LogP contribution is -1.97. The third-order valence-electron chi connectivity index (χ3n) is 2.99. The summed E-state index contributed by atoms with van der Waals surface area (Å²) in [6, 6.07) is 11.2. The highest BCUT2D eigenvalue weighted by atomic mass is 79.9. The molecule has 0 bridgehead atoms. The van der Waals surface area contributed by atoms with E-state index < -0.39 is 11.8 Å². The van der Waals surface area contributed by atoms with Crippen molar-refractivity contribution in [2.45, 2.75) is 0 Å². The highest BCUT2D eigenvalue weighted by Crippen LogP contribution is 2.35. The Morgan fingerprint density at radius 1 is 1.15 bits per heavy atom. The molecule has 1 N–H and O–H groups in total. The van der Waals surface area contributed by atoms with E-state index in [0.717, 1.165) is 4.47 Å². The summed E-state index contributed by atoms with van der Waals surface area (Å²) in [5, 5.41) is 9.63. The van der Waals surface area contributed by atoms with Crippen molar-refractivity contribution >= 4 is 32.9 Å². The second-order valence-corrected chi connectivity index (χ2v) is 5.15. The molecule has 0 amide bonds. The number of hydrogen-bond donors (Lipinski definition) is 1. The van der Waals surface area contributed by atoms with Gasteiger partial charge >= 0.3 is 5.97 Å². The fourth-order valence-corrected chi connectivity index (χ4v) is 2.37. The van der Waals surface area contributed by atoms with Crippen LogP contribution in [-0.4, -0.2) is 11.1 Å². The number of furan rings is 1. The van der Waals surface area contributed by atoms with Crippen LogP contribution in [0.3, 0.4) is 0 Å². The van der Waals surface area contributed by atoms with E-state index in [9.17, 15) is 14.3 Å². The summed E-state index contributed by atoms with van der Waals surface area (Å²) in [6.45, 7) is 0. The lowest BCUT2D eigenvalue weighted by molar-refractivity contribution is 0.0699. The van der Waals surface area contributed by atoms with Gasteiger partial charge < -0.3 is 9.52 Å². The normalized spacial score (nSPS) is 10.9. The molecule has 0 unspecified atom stereocenters. The number of rotatable bonds is 2. The molecule has 0 radical (unpaired) electrons. The van der Waals surface area contributed by atoms with Crippen molar-refractivity contribution in [1.82, 2.24) is 0 Å². The summed E-state index contributed by atoms with van der Waals surface area (Å²) in [5.41, 5.74) is 0.519. The minimum Gasteiger partial charge on any atom is -0.478 e. The topological polar surface area (TPSA) is 50.4 Å². The molecule has 20 heavy (non-hydrogen) atoms. The molecule has 0 fully saturated rings. The number of carboxylic acid groups (broad SMARTS) is 1. The van der Waals surface area contributed by atoms with Crippen LogP contribution in [0.5, 0.6) is 0 Å². The van der Waals surface area contributed by atoms with Crippen molar-refractivity contribution in [2.24, 2.45) is 0 Å². The van der Waals surface area contributed by atoms with Gasteiger partial charge in [0, 0.05) is 15.4 Å². The average molecular weight is 335 g/mol. The van der Waals surface area contributed by atoms with Crippen LogP contribution in [0.4, 0.5) is 4.39 Å². The maximum Gasteiger partial charge on any atom is 0.340 e. The number of fused-ring (bicyclic) bond motifs is 1. The fraction of sp³-hybridized carbons (Fsp3) is 0. The van der Waals surface area contributed by atoms with Crippen molar-refractivity contribution < 1.29 is 18.7 Å². The van der Waals surface area contributed by atoms with Crippen LogP contribution in [-0.2, 0) is 0 Å². The number of para-hydroxylation sites is 1. The summed E-state index contributed by atoms with van der Waals surface area (Å²) in [7, 11) is 0. The molecule has 0 saturated heterocycles. The van der Waals surface area contributed by atoms with Gasteiger partial charge in [0.15, 0.2) is 11.4 Å². The molecule has 3 rings (SSSR count). The van der Waals surface area contributed by atoms with E-state index in [1.54, 1.807) is 24.3 Å². The Hall–Kier alpha value is -2.14. The van der Waals surface area contributed by atoms with Crippen LogP contribution in [0, 0.1) is 5.82 Å². The van der Waals surface area contributed by atoms with E-state index in [1.807, 2.05) is 0 Å². The number of carbonyl (C=O) groups is 1. The second kappa shape index (κ2) is 4.76. The molecule has 1 heterocycles. The molecule has 1 aromatic heterocycles. The lowest BCUT2D eigenvalue weighted by atomic mass is 10.1. The number of aromatic carboxylic acids is 1. The van der Waals surface area contributed by atoms with Gasteiger partial charge in [-0.05, 0) is 18.2 Å². The van der Waals surface area contributed by atoms with Gasteiger partial charge in [0.25, 0.3) is 0 Å². The Kier molecular flexibility index (Phi) is 3.06. The van der Waals surface area contributed by atoms with E-state index in [4.69, 9.17) is 4.42 Å². The van der Waals surface area contributed by atoms with Gasteiger partial charge in [-0.1, -0.05) is 40.2 Å². The van der Waals surface area contributed by atoms with Crippen LogP contribution in [0.25, 0.3) is 22.3 Å². The number of halogens is 2. The van der Waals surface area contributed by atoms with Gasteiger partial charge in [0.1, 0.15) is 11.3 Å². The maximum atomic E-state index is 13.7. The van der Waals surface area contributed by atoms with Gasteiger partial charge in [-0.3, -0.25) is 0 Å². The number of carboxylic acids is 1. The minimum absolute atomic E-state index is 0.0261. The van der Waals surface area contributed by atoms with Crippen molar-refractivity contribution in [3.63, 3.8) is 0 Å². The van der Waals surface area contributed by atoms with Gasteiger partial charge in [0.2, 0.25) is 0 Å². The summed E-state index contributed by atoms with van der Waals surface area (Å²) in [6.07, 6.45) is 0. The highest BCUT2D eigenvalue weighted by molar-refractivity contribution is 9.10. The molecule has 0 spiro atoms. The molecular formula is C15H8BrFO3. The van der Waals surface area contributed by atoms with Gasteiger partial charge in [-0.15, -0.1) is 0 Å². The summed E-state index contributed by atoms with van der Waals surface area (Å²) in [4.78, 5) is 11.5. The molecule has 5 heteroatoms. The monoisotopic (exact) mass is 334 g/mol. The van der Waals surface area contributed by atoms with Crippen LogP contribution in [0.1, 0.15) is 10.4 Å². The number of benzene rings is 2. The third kappa shape index (κ3) is 2.00. The zero-order valence-corrected chi connectivity index (χ0v) is 11.6. The fourth-order valence-electron chi connectivity index (χ4n) is 2.10. The summed E-state index contributed by atoms with van der Waals surface area (Å²) >= 11 is 3.30.